The van der Waals surface area contributed by atoms with E-state index < -0.39 is 5.91 Å². The molecule has 150 valence electrons. The van der Waals surface area contributed by atoms with Crippen molar-refractivity contribution in [1.82, 2.24) is 4.90 Å². The predicted octanol–water partition coefficient (Wildman–Crippen LogP) is 4.03. The Morgan fingerprint density at radius 3 is 2.66 bits per heavy atom. The topological polar surface area (TPSA) is 71.0 Å². The number of nitrogens with one attached hydrogen (secondary N) is 1. The van der Waals surface area contributed by atoms with E-state index in [1.165, 1.54) is 40.9 Å². The number of carbonyl (C=O) groups excluding carboxylic acids is 2. The second kappa shape index (κ2) is 9.11. The van der Waals surface area contributed by atoms with Gasteiger partial charge >= 0.3 is 0 Å². The first-order valence-corrected chi connectivity index (χ1v) is 9.69. The van der Waals surface area contributed by atoms with Gasteiger partial charge in [-0.15, -0.1) is 0 Å². The number of carbonyl (C=O) groups is 2. The Bertz CT molecular complexity index is 1010. The van der Waals surface area contributed by atoms with Gasteiger partial charge in [-0.2, -0.15) is 0 Å². The van der Waals surface area contributed by atoms with Crippen molar-refractivity contribution < 1.29 is 18.7 Å². The number of halogens is 2. The lowest BCUT2D eigenvalue weighted by molar-refractivity contribution is -0.121. The van der Waals surface area contributed by atoms with Gasteiger partial charge in [0, 0.05) is 19.8 Å². The minimum atomic E-state index is -0.402. The van der Waals surface area contributed by atoms with Crippen molar-refractivity contribution >= 4 is 52.1 Å². The molecule has 0 spiro atoms. The van der Waals surface area contributed by atoms with Crippen molar-refractivity contribution in [2.24, 2.45) is 4.99 Å². The Labute approximate surface area is 176 Å². The highest BCUT2D eigenvalue weighted by molar-refractivity contribution is 8.18. The minimum Gasteiger partial charge on any atom is -0.482 e. The van der Waals surface area contributed by atoms with Gasteiger partial charge in [-0.25, -0.2) is 4.39 Å². The summed E-state index contributed by atoms with van der Waals surface area (Å²) >= 11 is 7.53. The van der Waals surface area contributed by atoms with Crippen LogP contribution in [-0.4, -0.2) is 42.6 Å². The van der Waals surface area contributed by atoms with Crippen LogP contribution in [0.25, 0.3) is 6.08 Å². The average Bonchev–Trinajstić information content (AvgIpc) is 2.97. The zero-order valence-corrected chi connectivity index (χ0v) is 17.2. The van der Waals surface area contributed by atoms with E-state index in [1.807, 2.05) is 0 Å². The minimum absolute atomic E-state index is 0.135. The van der Waals surface area contributed by atoms with Crippen molar-refractivity contribution in [3.05, 3.63) is 63.8 Å². The standard InChI is InChI=1S/C20H17ClFN3O3S/c1-23-20-25(2)19(27)17(29-20)10-12-3-8-16(15(21)9-12)28-11-18(26)24-14-6-4-13(22)5-7-14/h3-10H,11H2,1-2H3,(H,24,26)/b17-10-,23-20?. The first kappa shape index (κ1) is 20.9. The highest BCUT2D eigenvalue weighted by Gasteiger charge is 2.29. The maximum absolute atomic E-state index is 12.9. The summed E-state index contributed by atoms with van der Waals surface area (Å²) in [5.41, 5.74) is 1.19. The Kier molecular flexibility index (Phi) is 6.56. The molecule has 2 aromatic carbocycles. The van der Waals surface area contributed by atoms with Gasteiger partial charge in [-0.3, -0.25) is 19.5 Å². The van der Waals surface area contributed by atoms with E-state index in [1.54, 1.807) is 38.4 Å². The molecule has 2 aromatic rings. The van der Waals surface area contributed by atoms with Crippen molar-refractivity contribution in [2.75, 3.05) is 26.0 Å². The fourth-order valence-corrected chi connectivity index (χ4v) is 3.67. The number of hydrogen-bond donors (Lipinski definition) is 1. The monoisotopic (exact) mass is 433 g/mol. The fourth-order valence-electron chi connectivity index (χ4n) is 2.50. The molecule has 29 heavy (non-hydrogen) atoms. The predicted molar refractivity (Wildman–Crippen MR) is 114 cm³/mol. The average molecular weight is 434 g/mol. The summed E-state index contributed by atoms with van der Waals surface area (Å²) in [7, 11) is 3.30. The fraction of sp³-hybridized carbons (Fsp3) is 0.150. The second-order valence-corrected chi connectivity index (χ2v) is 7.43. The third-order valence-corrected chi connectivity index (χ3v) is 5.38. The molecule has 1 aliphatic rings. The van der Waals surface area contributed by atoms with Crippen LogP contribution in [0.3, 0.4) is 0 Å². The number of benzene rings is 2. The number of thioether (sulfide) groups is 1. The summed E-state index contributed by atoms with van der Waals surface area (Å²) in [6.45, 7) is -0.257. The normalized spacial score (nSPS) is 16.6. The number of amides is 2. The van der Waals surface area contributed by atoms with Gasteiger partial charge in [-0.1, -0.05) is 17.7 Å². The molecule has 0 aromatic heterocycles. The number of ether oxygens (including phenoxy) is 1. The summed E-state index contributed by atoms with van der Waals surface area (Å²) in [4.78, 5) is 30.3. The second-order valence-electron chi connectivity index (χ2n) is 6.01. The van der Waals surface area contributed by atoms with Crippen molar-refractivity contribution in [3.63, 3.8) is 0 Å². The van der Waals surface area contributed by atoms with Crippen LogP contribution in [-0.2, 0) is 9.59 Å². The third-order valence-electron chi connectivity index (χ3n) is 3.94. The van der Waals surface area contributed by atoms with Crippen LogP contribution in [0.2, 0.25) is 5.02 Å². The van der Waals surface area contributed by atoms with Crippen molar-refractivity contribution in [3.8, 4) is 5.75 Å². The number of aliphatic imine (C=N–C) groups is 1. The quantitative estimate of drug-likeness (QED) is 0.723. The van der Waals surface area contributed by atoms with Gasteiger partial charge in [-0.05, 0) is 59.8 Å². The van der Waals surface area contributed by atoms with Crippen LogP contribution in [0, 0.1) is 5.82 Å². The molecule has 0 saturated carbocycles. The lowest BCUT2D eigenvalue weighted by Gasteiger charge is -2.09. The Morgan fingerprint density at radius 2 is 2.03 bits per heavy atom. The summed E-state index contributed by atoms with van der Waals surface area (Å²) in [5, 5.41) is 3.53. The molecule has 6 nitrogen and oxygen atoms in total. The van der Waals surface area contributed by atoms with Gasteiger partial charge in [0.15, 0.2) is 11.8 Å². The maximum Gasteiger partial charge on any atom is 0.266 e. The number of nitrogens with zero attached hydrogens (tertiary/aromatic N) is 2. The summed E-state index contributed by atoms with van der Waals surface area (Å²) < 4.78 is 18.3. The zero-order valence-electron chi connectivity index (χ0n) is 15.6. The molecule has 9 heteroatoms. The highest BCUT2D eigenvalue weighted by Crippen LogP contribution is 2.33. The van der Waals surface area contributed by atoms with Crippen LogP contribution >= 0.6 is 23.4 Å². The molecule has 1 aliphatic heterocycles. The van der Waals surface area contributed by atoms with Gasteiger partial charge in [0.2, 0.25) is 0 Å². The van der Waals surface area contributed by atoms with Crippen LogP contribution < -0.4 is 10.1 Å². The Morgan fingerprint density at radius 1 is 1.31 bits per heavy atom. The summed E-state index contributed by atoms with van der Waals surface area (Å²) in [5.74, 6) is -0.587. The Hall–Kier alpha value is -2.84. The molecule has 3 rings (SSSR count). The molecule has 0 radical (unpaired) electrons. The van der Waals surface area contributed by atoms with Gasteiger partial charge in [0.05, 0.1) is 9.93 Å². The molecule has 0 atom stereocenters. The number of likely N-dealkylation sites (N-methyl/N-ethyl adjacent to an activating group) is 1. The summed E-state index contributed by atoms with van der Waals surface area (Å²) in [6.07, 6.45) is 1.72. The van der Waals surface area contributed by atoms with Crippen molar-refractivity contribution in [2.45, 2.75) is 0 Å². The molecular formula is C20H17ClFN3O3S. The molecule has 0 unspecified atom stereocenters. The van der Waals surface area contributed by atoms with Crippen LogP contribution in [0.5, 0.6) is 5.75 Å². The first-order valence-electron chi connectivity index (χ1n) is 8.49. The first-order chi connectivity index (χ1) is 13.9. The third kappa shape index (κ3) is 5.16. The van der Waals surface area contributed by atoms with Gasteiger partial charge in [0.25, 0.3) is 11.8 Å². The largest absolute Gasteiger partial charge is 0.482 e. The summed E-state index contributed by atoms with van der Waals surface area (Å²) in [6, 6.07) is 10.4. The maximum atomic E-state index is 12.9. The van der Waals surface area contributed by atoms with E-state index in [4.69, 9.17) is 16.3 Å². The van der Waals surface area contributed by atoms with E-state index in [0.717, 1.165) is 5.56 Å². The van der Waals surface area contributed by atoms with Crippen LogP contribution in [0.15, 0.2) is 52.4 Å². The molecule has 2 amide bonds. The molecule has 1 N–H and O–H groups in total. The Balaban J connectivity index is 1.62. The van der Waals surface area contributed by atoms with Crippen molar-refractivity contribution in [1.29, 1.82) is 0 Å². The highest BCUT2D eigenvalue weighted by atomic mass is 35.5. The lowest BCUT2D eigenvalue weighted by Crippen LogP contribution is -2.23. The molecule has 1 heterocycles. The van der Waals surface area contributed by atoms with Crippen LogP contribution in [0.4, 0.5) is 10.1 Å². The molecule has 0 bridgehead atoms. The number of amidine groups is 1. The van der Waals surface area contributed by atoms with Gasteiger partial charge in [0.1, 0.15) is 11.6 Å². The van der Waals surface area contributed by atoms with E-state index in [2.05, 4.69) is 10.3 Å². The lowest BCUT2D eigenvalue weighted by atomic mass is 10.2. The number of rotatable bonds is 5. The van der Waals surface area contributed by atoms with E-state index in [0.29, 0.717) is 26.5 Å². The van der Waals surface area contributed by atoms with Gasteiger partial charge < -0.3 is 10.1 Å². The van der Waals surface area contributed by atoms with E-state index in [9.17, 15) is 14.0 Å². The molecule has 0 aliphatic carbocycles. The van der Waals surface area contributed by atoms with E-state index >= 15 is 0 Å². The number of hydrogen-bond acceptors (Lipinski definition) is 5. The number of anilines is 1. The molecular weight excluding hydrogens is 417 g/mol. The zero-order chi connectivity index (χ0) is 21.0. The molecule has 1 saturated heterocycles. The van der Waals surface area contributed by atoms with Crippen LogP contribution in [0.1, 0.15) is 5.56 Å². The smallest absolute Gasteiger partial charge is 0.266 e. The van der Waals surface area contributed by atoms with E-state index in [-0.39, 0.29) is 18.3 Å². The molecule has 1 fully saturated rings. The SMILES string of the molecule is CN=C1S/C(=C\c2ccc(OCC(=O)Nc3ccc(F)cc3)c(Cl)c2)C(=O)N1C.